The normalized spacial score (nSPS) is 10.4. The maximum atomic E-state index is 12.1. The smallest absolute Gasteiger partial charge is 0.256 e. The summed E-state index contributed by atoms with van der Waals surface area (Å²) in [5.41, 5.74) is 2.72. The molecule has 0 saturated carbocycles. The van der Waals surface area contributed by atoms with Gasteiger partial charge >= 0.3 is 0 Å². The van der Waals surface area contributed by atoms with Crippen LogP contribution < -0.4 is 5.32 Å². The Morgan fingerprint density at radius 1 is 1.14 bits per heavy atom. The lowest BCUT2D eigenvalue weighted by molar-refractivity contribution is 0.102. The molecule has 2 aromatic heterocycles. The summed E-state index contributed by atoms with van der Waals surface area (Å²) in [6.45, 7) is 2.65. The average molecular weight is 292 g/mol. The Balaban J connectivity index is 1.74. The SMILES string of the molecule is Cc1cc(NC(=O)c2ccncc2)nn1Cc1ccccc1. The number of aryl methyl sites for hydroxylation is 1. The number of anilines is 1. The van der Waals surface area contributed by atoms with Gasteiger partial charge in [-0.05, 0) is 24.6 Å². The number of aromatic nitrogens is 3. The van der Waals surface area contributed by atoms with E-state index in [0.717, 1.165) is 5.69 Å². The van der Waals surface area contributed by atoms with E-state index in [-0.39, 0.29) is 5.91 Å². The topological polar surface area (TPSA) is 59.8 Å². The largest absolute Gasteiger partial charge is 0.305 e. The fourth-order valence-corrected chi connectivity index (χ4v) is 2.18. The molecule has 1 amide bonds. The lowest BCUT2D eigenvalue weighted by atomic mass is 10.2. The Kier molecular flexibility index (Phi) is 3.96. The summed E-state index contributed by atoms with van der Waals surface area (Å²) in [6.07, 6.45) is 3.18. The van der Waals surface area contributed by atoms with Crippen molar-refractivity contribution >= 4 is 11.7 Å². The molecule has 5 nitrogen and oxygen atoms in total. The third-order valence-corrected chi connectivity index (χ3v) is 3.34. The van der Waals surface area contributed by atoms with Gasteiger partial charge < -0.3 is 5.32 Å². The van der Waals surface area contributed by atoms with Crippen LogP contribution in [0.5, 0.6) is 0 Å². The van der Waals surface area contributed by atoms with Crippen LogP contribution in [0.2, 0.25) is 0 Å². The van der Waals surface area contributed by atoms with E-state index in [1.807, 2.05) is 35.9 Å². The summed E-state index contributed by atoms with van der Waals surface area (Å²) in [7, 11) is 0. The highest BCUT2D eigenvalue weighted by atomic mass is 16.1. The molecular weight excluding hydrogens is 276 g/mol. The third kappa shape index (κ3) is 3.20. The lowest BCUT2D eigenvalue weighted by Crippen LogP contribution is -2.12. The Hall–Kier alpha value is -2.95. The van der Waals surface area contributed by atoms with Crippen LogP contribution in [0.4, 0.5) is 5.82 Å². The molecule has 0 fully saturated rings. The van der Waals surface area contributed by atoms with Crippen LogP contribution in [0.25, 0.3) is 0 Å². The van der Waals surface area contributed by atoms with Gasteiger partial charge in [0.2, 0.25) is 0 Å². The van der Waals surface area contributed by atoms with Gasteiger partial charge in [-0.2, -0.15) is 5.10 Å². The molecule has 3 aromatic rings. The highest BCUT2D eigenvalue weighted by Gasteiger charge is 2.10. The minimum Gasteiger partial charge on any atom is -0.305 e. The molecule has 0 aliphatic carbocycles. The standard InChI is InChI=1S/C17H16N4O/c1-13-11-16(19-17(22)15-7-9-18-10-8-15)20-21(13)12-14-5-3-2-4-6-14/h2-11H,12H2,1H3,(H,19,20,22). The van der Waals surface area contributed by atoms with Gasteiger partial charge in [-0.1, -0.05) is 30.3 Å². The Bertz CT molecular complexity index is 766. The first-order valence-electron chi connectivity index (χ1n) is 7.02. The van der Waals surface area contributed by atoms with Crippen LogP contribution in [-0.4, -0.2) is 20.7 Å². The third-order valence-electron chi connectivity index (χ3n) is 3.34. The van der Waals surface area contributed by atoms with Crippen molar-refractivity contribution in [3.8, 4) is 0 Å². The van der Waals surface area contributed by atoms with Crippen molar-refractivity contribution < 1.29 is 4.79 Å². The molecule has 5 heteroatoms. The van der Waals surface area contributed by atoms with E-state index in [0.29, 0.717) is 17.9 Å². The first-order chi connectivity index (χ1) is 10.7. The lowest BCUT2D eigenvalue weighted by Gasteiger charge is -2.04. The second-order valence-corrected chi connectivity index (χ2v) is 5.00. The predicted octanol–water partition coefficient (Wildman–Crippen LogP) is 2.89. The number of hydrogen-bond donors (Lipinski definition) is 1. The van der Waals surface area contributed by atoms with Crippen molar-refractivity contribution in [1.82, 2.24) is 14.8 Å². The van der Waals surface area contributed by atoms with Crippen molar-refractivity contribution in [1.29, 1.82) is 0 Å². The molecule has 1 aromatic carbocycles. The summed E-state index contributed by atoms with van der Waals surface area (Å²) in [5, 5.41) is 7.25. The van der Waals surface area contributed by atoms with Crippen molar-refractivity contribution in [3.63, 3.8) is 0 Å². The first-order valence-corrected chi connectivity index (χ1v) is 7.02. The van der Waals surface area contributed by atoms with Gasteiger partial charge in [0, 0.05) is 29.7 Å². The molecule has 22 heavy (non-hydrogen) atoms. The molecule has 0 spiro atoms. The number of carbonyl (C=O) groups excluding carboxylic acids is 1. The molecule has 0 bridgehead atoms. The van der Waals surface area contributed by atoms with E-state index in [9.17, 15) is 4.79 Å². The molecule has 110 valence electrons. The van der Waals surface area contributed by atoms with Crippen LogP contribution in [0.3, 0.4) is 0 Å². The van der Waals surface area contributed by atoms with Gasteiger partial charge in [0.05, 0.1) is 6.54 Å². The Labute approximate surface area is 128 Å². The second-order valence-electron chi connectivity index (χ2n) is 5.00. The maximum absolute atomic E-state index is 12.1. The summed E-state index contributed by atoms with van der Waals surface area (Å²) >= 11 is 0. The van der Waals surface area contributed by atoms with Crippen molar-refractivity contribution in [2.24, 2.45) is 0 Å². The van der Waals surface area contributed by atoms with Gasteiger partial charge in [0.1, 0.15) is 0 Å². The minimum absolute atomic E-state index is 0.188. The number of nitrogens with one attached hydrogen (secondary N) is 1. The molecule has 0 atom stereocenters. The molecule has 0 unspecified atom stereocenters. The van der Waals surface area contributed by atoms with Crippen LogP contribution in [0.15, 0.2) is 60.9 Å². The molecule has 0 aliphatic rings. The number of amides is 1. The molecule has 3 rings (SSSR count). The van der Waals surface area contributed by atoms with Gasteiger partial charge in [-0.3, -0.25) is 14.5 Å². The van der Waals surface area contributed by atoms with Crippen molar-refractivity contribution in [2.45, 2.75) is 13.5 Å². The van der Waals surface area contributed by atoms with E-state index in [4.69, 9.17) is 0 Å². The zero-order chi connectivity index (χ0) is 15.4. The van der Waals surface area contributed by atoms with E-state index < -0.39 is 0 Å². The Morgan fingerprint density at radius 2 is 1.86 bits per heavy atom. The molecular formula is C17H16N4O. The summed E-state index contributed by atoms with van der Waals surface area (Å²) in [5.74, 6) is 0.363. The predicted molar refractivity (Wildman–Crippen MR) is 84.7 cm³/mol. The molecule has 0 aliphatic heterocycles. The molecule has 1 N–H and O–H groups in total. The van der Waals surface area contributed by atoms with Crippen molar-refractivity contribution in [3.05, 3.63) is 77.7 Å². The van der Waals surface area contributed by atoms with Gasteiger partial charge in [-0.25, -0.2) is 0 Å². The summed E-state index contributed by atoms with van der Waals surface area (Å²) < 4.78 is 1.87. The number of rotatable bonds is 4. The number of carbonyl (C=O) groups is 1. The minimum atomic E-state index is -0.188. The van der Waals surface area contributed by atoms with Crippen LogP contribution in [0, 0.1) is 6.92 Å². The fourth-order valence-electron chi connectivity index (χ4n) is 2.18. The van der Waals surface area contributed by atoms with E-state index in [1.54, 1.807) is 24.5 Å². The molecule has 2 heterocycles. The monoisotopic (exact) mass is 292 g/mol. The molecule has 0 radical (unpaired) electrons. The maximum Gasteiger partial charge on any atom is 0.256 e. The van der Waals surface area contributed by atoms with Gasteiger partial charge in [-0.15, -0.1) is 0 Å². The first kappa shape index (κ1) is 14.0. The number of benzene rings is 1. The zero-order valence-electron chi connectivity index (χ0n) is 12.2. The van der Waals surface area contributed by atoms with E-state index in [2.05, 4.69) is 27.5 Å². The average Bonchev–Trinajstić information content (AvgIpc) is 2.88. The summed E-state index contributed by atoms with van der Waals surface area (Å²) in [4.78, 5) is 16.0. The number of nitrogens with zero attached hydrogens (tertiary/aromatic N) is 3. The van der Waals surface area contributed by atoms with E-state index >= 15 is 0 Å². The van der Waals surface area contributed by atoms with Gasteiger partial charge in [0.25, 0.3) is 5.91 Å². The second kappa shape index (κ2) is 6.22. The quantitative estimate of drug-likeness (QED) is 0.804. The van der Waals surface area contributed by atoms with E-state index in [1.165, 1.54) is 5.56 Å². The van der Waals surface area contributed by atoms with Crippen LogP contribution in [-0.2, 0) is 6.54 Å². The number of pyridine rings is 1. The highest BCUT2D eigenvalue weighted by Crippen LogP contribution is 2.12. The summed E-state index contributed by atoms with van der Waals surface area (Å²) in [6, 6.07) is 15.3. The fraction of sp³-hybridized carbons (Fsp3) is 0.118. The van der Waals surface area contributed by atoms with Crippen LogP contribution >= 0.6 is 0 Å². The Morgan fingerprint density at radius 3 is 2.59 bits per heavy atom. The number of hydrogen-bond acceptors (Lipinski definition) is 3. The van der Waals surface area contributed by atoms with Crippen molar-refractivity contribution in [2.75, 3.05) is 5.32 Å². The molecule has 0 saturated heterocycles. The van der Waals surface area contributed by atoms with Crippen LogP contribution in [0.1, 0.15) is 21.6 Å². The van der Waals surface area contributed by atoms with Gasteiger partial charge in [0.15, 0.2) is 5.82 Å². The highest BCUT2D eigenvalue weighted by molar-refractivity contribution is 6.03. The zero-order valence-corrected chi connectivity index (χ0v) is 12.2.